The molecule has 6 heteroatoms. The summed E-state index contributed by atoms with van der Waals surface area (Å²) in [4.78, 5) is 39.1. The Morgan fingerprint density at radius 1 is 1.32 bits per heavy atom. The van der Waals surface area contributed by atoms with Crippen LogP contribution in [0.25, 0.3) is 0 Å². The fraction of sp³-hybridized carbons (Fsp3) is 0.308. The lowest BCUT2D eigenvalue weighted by Gasteiger charge is -2.33. The molecule has 1 aromatic rings. The summed E-state index contributed by atoms with van der Waals surface area (Å²) >= 11 is 0. The highest BCUT2D eigenvalue weighted by atomic mass is 16.6. The Balaban J connectivity index is 1.81. The molecular weight excluding hydrogens is 248 g/mol. The van der Waals surface area contributed by atoms with Gasteiger partial charge >= 0.3 is 0 Å². The van der Waals surface area contributed by atoms with E-state index in [0.29, 0.717) is 0 Å². The molecule has 1 heterocycles. The number of nitrogens with one attached hydrogen (secondary N) is 2. The standard InChI is InChI=1S/C13H14N2O4/c1-8(16)11-10(12(17)14-11)13(18)15-19-7-9-5-3-2-4-6-9/h2-6,10-11H,7H2,1H3,(H,14,17)(H,15,18). The van der Waals surface area contributed by atoms with E-state index in [1.165, 1.54) is 6.92 Å². The van der Waals surface area contributed by atoms with Crippen molar-refractivity contribution in [3.05, 3.63) is 35.9 Å². The molecule has 0 bridgehead atoms. The molecule has 1 saturated heterocycles. The maximum Gasteiger partial charge on any atom is 0.258 e. The summed E-state index contributed by atoms with van der Waals surface area (Å²) < 4.78 is 0. The minimum atomic E-state index is -0.992. The summed E-state index contributed by atoms with van der Waals surface area (Å²) in [5, 5.41) is 2.38. The van der Waals surface area contributed by atoms with Gasteiger partial charge in [0.15, 0.2) is 5.78 Å². The number of hydrogen-bond donors (Lipinski definition) is 2. The molecule has 0 radical (unpaired) electrons. The number of rotatable bonds is 5. The maximum atomic E-state index is 11.7. The molecule has 0 spiro atoms. The van der Waals surface area contributed by atoms with E-state index in [2.05, 4.69) is 10.8 Å². The lowest BCUT2D eigenvalue weighted by atomic mass is 9.87. The second kappa shape index (κ2) is 5.62. The van der Waals surface area contributed by atoms with Crippen molar-refractivity contribution in [2.75, 3.05) is 0 Å². The van der Waals surface area contributed by atoms with Gasteiger partial charge < -0.3 is 5.32 Å². The highest BCUT2D eigenvalue weighted by Crippen LogP contribution is 2.16. The number of benzene rings is 1. The SMILES string of the molecule is CC(=O)C1NC(=O)C1C(=O)NOCc1ccccc1. The van der Waals surface area contributed by atoms with Crippen molar-refractivity contribution in [2.24, 2.45) is 5.92 Å². The van der Waals surface area contributed by atoms with Gasteiger partial charge in [0, 0.05) is 0 Å². The molecule has 100 valence electrons. The molecule has 2 amide bonds. The Kier molecular flexibility index (Phi) is 3.91. The third-order valence-electron chi connectivity index (χ3n) is 2.89. The number of hydroxylamine groups is 1. The fourth-order valence-corrected chi connectivity index (χ4v) is 1.82. The van der Waals surface area contributed by atoms with Crippen LogP contribution in [0.1, 0.15) is 12.5 Å². The average molecular weight is 262 g/mol. The summed E-state index contributed by atoms with van der Waals surface area (Å²) in [5.41, 5.74) is 3.09. The van der Waals surface area contributed by atoms with E-state index < -0.39 is 23.8 Å². The Bertz CT molecular complexity index is 501. The van der Waals surface area contributed by atoms with Crippen LogP contribution in [0.2, 0.25) is 0 Å². The number of ketones is 1. The van der Waals surface area contributed by atoms with Crippen LogP contribution in [0.4, 0.5) is 0 Å². The Labute approximate surface area is 110 Å². The second-order valence-corrected chi connectivity index (χ2v) is 4.32. The number of β-lactam (4-membered cyclic amide) rings is 1. The summed E-state index contributed by atoms with van der Waals surface area (Å²) in [6.45, 7) is 1.53. The van der Waals surface area contributed by atoms with E-state index in [1.807, 2.05) is 30.3 Å². The van der Waals surface area contributed by atoms with Crippen molar-refractivity contribution in [3.8, 4) is 0 Å². The van der Waals surface area contributed by atoms with Crippen LogP contribution in [0.3, 0.4) is 0 Å². The molecular formula is C13H14N2O4. The highest BCUT2D eigenvalue weighted by molar-refractivity contribution is 6.11. The second-order valence-electron chi connectivity index (χ2n) is 4.32. The minimum Gasteiger partial charge on any atom is -0.344 e. The van der Waals surface area contributed by atoms with Gasteiger partial charge in [-0.25, -0.2) is 5.48 Å². The topological polar surface area (TPSA) is 84.5 Å². The van der Waals surface area contributed by atoms with Crippen LogP contribution in [-0.2, 0) is 25.8 Å². The van der Waals surface area contributed by atoms with E-state index in [-0.39, 0.29) is 12.4 Å². The summed E-state index contributed by atoms with van der Waals surface area (Å²) in [6.07, 6.45) is 0. The third kappa shape index (κ3) is 2.97. The number of carbonyl (C=O) groups excluding carboxylic acids is 3. The molecule has 1 aliphatic heterocycles. The molecule has 0 aliphatic carbocycles. The maximum absolute atomic E-state index is 11.7. The first-order chi connectivity index (χ1) is 9.09. The molecule has 0 saturated carbocycles. The van der Waals surface area contributed by atoms with E-state index in [1.54, 1.807) is 0 Å². The van der Waals surface area contributed by atoms with E-state index in [0.717, 1.165) is 5.56 Å². The first-order valence-corrected chi connectivity index (χ1v) is 5.86. The zero-order valence-electron chi connectivity index (χ0n) is 10.4. The molecule has 19 heavy (non-hydrogen) atoms. The van der Waals surface area contributed by atoms with Crippen LogP contribution in [0.5, 0.6) is 0 Å². The predicted octanol–water partition coefficient (Wildman–Crippen LogP) is -0.0620. The number of Topliss-reactive ketones (excluding diaryl/α,β-unsaturated/α-hetero) is 1. The van der Waals surface area contributed by atoms with Gasteiger partial charge in [-0.15, -0.1) is 0 Å². The molecule has 2 rings (SSSR count). The third-order valence-corrected chi connectivity index (χ3v) is 2.89. The molecule has 6 nitrogen and oxygen atoms in total. The molecule has 1 aliphatic rings. The Hall–Kier alpha value is -2.21. The quantitative estimate of drug-likeness (QED) is 0.442. The monoisotopic (exact) mass is 262 g/mol. The Morgan fingerprint density at radius 3 is 2.58 bits per heavy atom. The van der Waals surface area contributed by atoms with Gasteiger partial charge in [-0.1, -0.05) is 30.3 Å². The van der Waals surface area contributed by atoms with E-state index in [9.17, 15) is 14.4 Å². The van der Waals surface area contributed by atoms with Gasteiger partial charge in [0.05, 0.1) is 6.61 Å². The average Bonchev–Trinajstić information content (AvgIpc) is 2.36. The van der Waals surface area contributed by atoms with Crippen LogP contribution in [-0.4, -0.2) is 23.6 Å². The fourth-order valence-electron chi connectivity index (χ4n) is 1.82. The number of hydrogen-bond acceptors (Lipinski definition) is 4. The van der Waals surface area contributed by atoms with Gasteiger partial charge in [-0.2, -0.15) is 0 Å². The normalized spacial score (nSPS) is 21.2. The van der Waals surface area contributed by atoms with Gasteiger partial charge in [0.2, 0.25) is 5.91 Å². The van der Waals surface area contributed by atoms with Gasteiger partial charge in [0.25, 0.3) is 5.91 Å². The first kappa shape index (κ1) is 13.2. The zero-order valence-corrected chi connectivity index (χ0v) is 10.4. The smallest absolute Gasteiger partial charge is 0.258 e. The van der Waals surface area contributed by atoms with Crippen LogP contribution >= 0.6 is 0 Å². The first-order valence-electron chi connectivity index (χ1n) is 5.86. The van der Waals surface area contributed by atoms with Gasteiger partial charge in [-0.3, -0.25) is 19.2 Å². The Morgan fingerprint density at radius 2 is 2.00 bits per heavy atom. The van der Waals surface area contributed by atoms with Crippen LogP contribution < -0.4 is 10.8 Å². The van der Waals surface area contributed by atoms with Crippen molar-refractivity contribution in [2.45, 2.75) is 19.6 Å². The molecule has 2 N–H and O–H groups in total. The molecule has 0 aromatic heterocycles. The van der Waals surface area contributed by atoms with Crippen molar-refractivity contribution >= 4 is 17.6 Å². The molecule has 2 atom stereocenters. The van der Waals surface area contributed by atoms with Crippen molar-refractivity contribution in [3.63, 3.8) is 0 Å². The molecule has 2 unspecified atom stereocenters. The predicted molar refractivity (Wildman–Crippen MR) is 65.5 cm³/mol. The summed E-state index contributed by atoms with van der Waals surface area (Å²) in [7, 11) is 0. The molecule has 1 aromatic carbocycles. The lowest BCUT2D eigenvalue weighted by molar-refractivity contribution is -0.155. The van der Waals surface area contributed by atoms with Crippen molar-refractivity contribution < 1.29 is 19.2 Å². The van der Waals surface area contributed by atoms with E-state index in [4.69, 9.17) is 4.84 Å². The van der Waals surface area contributed by atoms with Crippen molar-refractivity contribution in [1.29, 1.82) is 0 Å². The summed E-state index contributed by atoms with van der Waals surface area (Å²) in [6, 6.07) is 8.53. The number of amides is 2. The molecule has 1 fully saturated rings. The highest BCUT2D eigenvalue weighted by Gasteiger charge is 2.47. The lowest BCUT2D eigenvalue weighted by Crippen LogP contribution is -2.66. The van der Waals surface area contributed by atoms with Crippen LogP contribution in [0, 0.1) is 5.92 Å². The summed E-state index contributed by atoms with van der Waals surface area (Å²) in [5.74, 6) is -2.29. The largest absolute Gasteiger partial charge is 0.344 e. The van der Waals surface area contributed by atoms with Gasteiger partial charge in [0.1, 0.15) is 12.0 Å². The number of carbonyl (C=O) groups is 3. The van der Waals surface area contributed by atoms with Crippen molar-refractivity contribution in [1.82, 2.24) is 10.8 Å². The minimum absolute atomic E-state index is 0.200. The van der Waals surface area contributed by atoms with E-state index >= 15 is 0 Å². The van der Waals surface area contributed by atoms with Gasteiger partial charge in [-0.05, 0) is 12.5 Å². The van der Waals surface area contributed by atoms with Crippen LogP contribution in [0.15, 0.2) is 30.3 Å². The zero-order chi connectivity index (χ0) is 13.8.